The summed E-state index contributed by atoms with van der Waals surface area (Å²) < 4.78 is 0. The minimum Gasteiger partial charge on any atom is -0.370 e. The third kappa shape index (κ3) is 4.27. The number of primary amides is 1. The summed E-state index contributed by atoms with van der Waals surface area (Å²) in [4.78, 5) is 16.8. The van der Waals surface area contributed by atoms with Crippen LogP contribution in [-0.2, 0) is 11.3 Å². The maximum atomic E-state index is 10.7. The number of nitrogens with zero attached hydrogens (tertiary/aromatic N) is 2. The van der Waals surface area contributed by atoms with Crippen molar-refractivity contribution in [3.8, 4) is 0 Å². The molecule has 0 unspecified atom stereocenters. The van der Waals surface area contributed by atoms with Crippen LogP contribution in [0.1, 0.15) is 12.5 Å². The number of amides is 1. The number of nitrogens with two attached hydrogens (primary N) is 1. The molecule has 5 nitrogen and oxygen atoms in total. The molecule has 1 aromatic heterocycles. The number of hydrogen-bond acceptors (Lipinski definition) is 4. The van der Waals surface area contributed by atoms with Crippen molar-refractivity contribution in [3.63, 3.8) is 0 Å². The first-order valence-corrected chi connectivity index (χ1v) is 5.27. The highest BCUT2D eigenvalue weighted by Gasteiger charge is 2.04. The number of pyridine rings is 1. The fourth-order valence-corrected chi connectivity index (χ4v) is 1.48. The van der Waals surface area contributed by atoms with Crippen molar-refractivity contribution in [1.82, 2.24) is 9.88 Å². The Kier molecular flexibility index (Phi) is 4.72. The summed E-state index contributed by atoms with van der Waals surface area (Å²) in [7, 11) is 1.86. The van der Waals surface area contributed by atoms with Crippen LogP contribution in [0.3, 0.4) is 0 Å². The van der Waals surface area contributed by atoms with E-state index in [0.717, 1.165) is 17.9 Å². The molecule has 0 aliphatic carbocycles. The molecular weight excluding hydrogens is 204 g/mol. The minimum absolute atomic E-state index is 0.263. The Morgan fingerprint density at radius 2 is 2.38 bits per heavy atom. The zero-order valence-electron chi connectivity index (χ0n) is 9.73. The molecule has 1 rings (SSSR count). The highest BCUT2D eigenvalue weighted by molar-refractivity contribution is 5.75. The van der Waals surface area contributed by atoms with Gasteiger partial charge in [0, 0.05) is 19.3 Å². The first-order chi connectivity index (χ1) is 7.61. The number of nitrogens with one attached hydrogen (secondary N) is 1. The third-order valence-electron chi connectivity index (χ3n) is 2.06. The normalized spacial score (nSPS) is 10.4. The van der Waals surface area contributed by atoms with Crippen LogP contribution in [0.5, 0.6) is 0 Å². The summed E-state index contributed by atoms with van der Waals surface area (Å²) in [6, 6.07) is 3.90. The van der Waals surface area contributed by atoms with Gasteiger partial charge in [0.15, 0.2) is 0 Å². The molecule has 0 spiro atoms. The van der Waals surface area contributed by atoms with E-state index in [0.29, 0.717) is 6.54 Å². The van der Waals surface area contributed by atoms with Crippen LogP contribution in [0.25, 0.3) is 0 Å². The van der Waals surface area contributed by atoms with Gasteiger partial charge in [-0.3, -0.25) is 9.69 Å². The predicted molar refractivity (Wildman–Crippen MR) is 63.9 cm³/mol. The van der Waals surface area contributed by atoms with E-state index in [9.17, 15) is 4.79 Å². The van der Waals surface area contributed by atoms with Gasteiger partial charge in [-0.05, 0) is 31.7 Å². The average Bonchev–Trinajstić information content (AvgIpc) is 2.17. The summed E-state index contributed by atoms with van der Waals surface area (Å²) in [6.07, 6.45) is 1.76. The largest absolute Gasteiger partial charge is 0.370 e. The molecule has 0 atom stereocenters. The van der Waals surface area contributed by atoms with E-state index in [1.54, 1.807) is 6.20 Å². The number of aromatic nitrogens is 1. The molecule has 0 bridgehead atoms. The number of carbonyl (C=O) groups is 1. The van der Waals surface area contributed by atoms with E-state index in [4.69, 9.17) is 5.73 Å². The lowest BCUT2D eigenvalue weighted by Gasteiger charge is -2.14. The Labute approximate surface area is 95.7 Å². The second-order valence-electron chi connectivity index (χ2n) is 3.72. The molecule has 0 saturated heterocycles. The van der Waals surface area contributed by atoms with Gasteiger partial charge < -0.3 is 11.1 Å². The first-order valence-electron chi connectivity index (χ1n) is 5.27. The van der Waals surface area contributed by atoms with Crippen molar-refractivity contribution >= 4 is 11.7 Å². The zero-order valence-corrected chi connectivity index (χ0v) is 9.73. The molecule has 5 heteroatoms. The molecule has 1 heterocycles. The zero-order chi connectivity index (χ0) is 12.0. The predicted octanol–water partition coefficient (Wildman–Crippen LogP) is 0.430. The number of anilines is 1. The Bertz CT molecular complexity index is 354. The van der Waals surface area contributed by atoms with Gasteiger partial charge in [-0.25, -0.2) is 4.98 Å². The van der Waals surface area contributed by atoms with Crippen molar-refractivity contribution in [1.29, 1.82) is 0 Å². The van der Waals surface area contributed by atoms with Crippen LogP contribution in [0.2, 0.25) is 0 Å². The van der Waals surface area contributed by atoms with Gasteiger partial charge in [0.05, 0.1) is 6.54 Å². The van der Waals surface area contributed by atoms with Gasteiger partial charge in [-0.15, -0.1) is 0 Å². The molecule has 3 N–H and O–H groups in total. The molecule has 0 aromatic carbocycles. The molecule has 0 aliphatic rings. The lowest BCUT2D eigenvalue weighted by Crippen LogP contribution is -2.30. The molecule has 16 heavy (non-hydrogen) atoms. The molecule has 1 aromatic rings. The molecule has 0 aliphatic heterocycles. The fraction of sp³-hybridized carbons (Fsp3) is 0.455. The Morgan fingerprint density at radius 3 is 3.00 bits per heavy atom. The highest BCUT2D eigenvalue weighted by atomic mass is 16.1. The van der Waals surface area contributed by atoms with Crippen molar-refractivity contribution in [2.45, 2.75) is 13.5 Å². The standard InChI is InChI=1S/C11H18N4O/c1-3-13-11-6-9(4-5-14-11)7-15(2)8-10(12)16/h4-6H,3,7-8H2,1-2H3,(H2,12,16)(H,13,14). The molecule has 88 valence electrons. The summed E-state index contributed by atoms with van der Waals surface area (Å²) in [5.41, 5.74) is 6.23. The van der Waals surface area contributed by atoms with Gasteiger partial charge in [0.2, 0.25) is 5.91 Å². The number of likely N-dealkylation sites (N-methyl/N-ethyl adjacent to an activating group) is 1. The van der Waals surface area contributed by atoms with Gasteiger partial charge in [0.25, 0.3) is 0 Å². The van der Waals surface area contributed by atoms with Crippen LogP contribution in [-0.4, -0.2) is 35.9 Å². The first kappa shape index (κ1) is 12.4. The smallest absolute Gasteiger partial charge is 0.231 e. The Balaban J connectivity index is 2.59. The van der Waals surface area contributed by atoms with Crippen LogP contribution in [0, 0.1) is 0 Å². The van der Waals surface area contributed by atoms with E-state index in [2.05, 4.69) is 10.3 Å². The second-order valence-corrected chi connectivity index (χ2v) is 3.72. The minimum atomic E-state index is -0.316. The molecular formula is C11H18N4O. The molecule has 0 radical (unpaired) electrons. The van der Waals surface area contributed by atoms with Crippen molar-refractivity contribution in [2.75, 3.05) is 25.5 Å². The van der Waals surface area contributed by atoms with Crippen LogP contribution >= 0.6 is 0 Å². The maximum Gasteiger partial charge on any atom is 0.231 e. The van der Waals surface area contributed by atoms with E-state index >= 15 is 0 Å². The van der Waals surface area contributed by atoms with E-state index in [-0.39, 0.29) is 12.5 Å². The van der Waals surface area contributed by atoms with Crippen molar-refractivity contribution < 1.29 is 4.79 Å². The summed E-state index contributed by atoms with van der Waals surface area (Å²) >= 11 is 0. The number of carbonyl (C=O) groups excluding carboxylic acids is 1. The Hall–Kier alpha value is -1.62. The second kappa shape index (κ2) is 6.07. The fourth-order valence-electron chi connectivity index (χ4n) is 1.48. The van der Waals surface area contributed by atoms with Gasteiger partial charge in [-0.1, -0.05) is 0 Å². The Morgan fingerprint density at radius 1 is 1.62 bits per heavy atom. The highest BCUT2D eigenvalue weighted by Crippen LogP contribution is 2.08. The monoisotopic (exact) mass is 222 g/mol. The van der Waals surface area contributed by atoms with E-state index < -0.39 is 0 Å². The van der Waals surface area contributed by atoms with Gasteiger partial charge in [-0.2, -0.15) is 0 Å². The molecule has 0 fully saturated rings. The summed E-state index contributed by atoms with van der Waals surface area (Å²) in [6.45, 7) is 3.81. The lowest BCUT2D eigenvalue weighted by molar-refractivity contribution is -0.118. The molecule has 0 saturated carbocycles. The van der Waals surface area contributed by atoms with Crippen molar-refractivity contribution in [3.05, 3.63) is 23.9 Å². The number of hydrogen-bond donors (Lipinski definition) is 2. The van der Waals surface area contributed by atoms with Gasteiger partial charge >= 0.3 is 0 Å². The number of rotatable bonds is 6. The summed E-state index contributed by atoms with van der Waals surface area (Å²) in [5, 5.41) is 3.14. The third-order valence-corrected chi connectivity index (χ3v) is 2.06. The topological polar surface area (TPSA) is 71.2 Å². The van der Waals surface area contributed by atoms with E-state index in [1.165, 1.54) is 0 Å². The SMILES string of the molecule is CCNc1cc(CN(C)CC(N)=O)ccn1. The van der Waals surface area contributed by atoms with Crippen LogP contribution in [0.15, 0.2) is 18.3 Å². The average molecular weight is 222 g/mol. The quantitative estimate of drug-likeness (QED) is 0.732. The van der Waals surface area contributed by atoms with Crippen LogP contribution in [0.4, 0.5) is 5.82 Å². The van der Waals surface area contributed by atoms with E-state index in [1.807, 2.05) is 31.0 Å². The maximum absolute atomic E-state index is 10.7. The van der Waals surface area contributed by atoms with Gasteiger partial charge in [0.1, 0.15) is 5.82 Å². The van der Waals surface area contributed by atoms with Crippen LogP contribution < -0.4 is 11.1 Å². The summed E-state index contributed by atoms with van der Waals surface area (Å²) in [5.74, 6) is 0.538. The van der Waals surface area contributed by atoms with Crippen molar-refractivity contribution in [2.24, 2.45) is 5.73 Å². The molecule has 1 amide bonds. The lowest BCUT2D eigenvalue weighted by atomic mass is 10.2.